The molecule has 0 saturated heterocycles. The fourth-order valence-electron chi connectivity index (χ4n) is 2.14. The molecule has 17 heavy (non-hydrogen) atoms. The van der Waals surface area contributed by atoms with Crippen LogP contribution in [0.3, 0.4) is 0 Å². The lowest BCUT2D eigenvalue weighted by Gasteiger charge is -2.04. The quantitative estimate of drug-likeness (QED) is 0.587. The van der Waals surface area contributed by atoms with Crippen LogP contribution in [0, 0.1) is 6.92 Å². The Bertz CT molecular complexity index is 702. The second kappa shape index (κ2) is 3.81. The van der Waals surface area contributed by atoms with E-state index in [9.17, 15) is 0 Å². The summed E-state index contributed by atoms with van der Waals surface area (Å²) in [5.41, 5.74) is 2.19. The molecule has 0 saturated carbocycles. The van der Waals surface area contributed by atoms with Crippen molar-refractivity contribution in [2.24, 2.45) is 0 Å². The van der Waals surface area contributed by atoms with E-state index in [-0.39, 0.29) is 0 Å². The van der Waals surface area contributed by atoms with Crippen LogP contribution in [0.2, 0.25) is 0 Å². The van der Waals surface area contributed by atoms with Crippen molar-refractivity contribution in [2.45, 2.75) is 20.3 Å². The van der Waals surface area contributed by atoms with Gasteiger partial charge in [-0.2, -0.15) is 0 Å². The lowest BCUT2D eigenvalue weighted by molar-refractivity contribution is 1.05. The van der Waals surface area contributed by atoms with Gasteiger partial charge in [-0.25, -0.2) is 0 Å². The Morgan fingerprint density at radius 1 is 0.824 bits per heavy atom. The maximum absolute atomic E-state index is 4.44. The molecule has 2 heteroatoms. The van der Waals surface area contributed by atoms with E-state index in [1.54, 1.807) is 0 Å². The zero-order valence-electron chi connectivity index (χ0n) is 10.1. The first kappa shape index (κ1) is 10.2. The Morgan fingerprint density at radius 3 is 2.18 bits per heavy atom. The van der Waals surface area contributed by atoms with Gasteiger partial charge in [0.05, 0.1) is 0 Å². The number of aryl methyl sites for hydroxylation is 2. The molecule has 0 aliphatic carbocycles. The van der Waals surface area contributed by atoms with Crippen LogP contribution in [0.1, 0.15) is 18.3 Å². The molecule has 2 nitrogen and oxygen atoms in total. The summed E-state index contributed by atoms with van der Waals surface area (Å²) in [7, 11) is 0. The fraction of sp³-hybridized carbons (Fsp3) is 0.200. The number of hydrogen-bond acceptors (Lipinski definition) is 2. The average Bonchev–Trinajstić information content (AvgIpc) is 2.35. The molecule has 0 fully saturated rings. The van der Waals surface area contributed by atoms with Crippen LogP contribution in [0.15, 0.2) is 36.7 Å². The summed E-state index contributed by atoms with van der Waals surface area (Å²) in [5.74, 6) is 0. The van der Waals surface area contributed by atoms with Gasteiger partial charge in [0.1, 0.15) is 0 Å². The summed E-state index contributed by atoms with van der Waals surface area (Å²) in [6, 6.07) is 8.65. The molecule has 0 aliphatic heterocycles. The van der Waals surface area contributed by atoms with Crippen LogP contribution in [-0.2, 0) is 6.42 Å². The number of benzene rings is 1. The van der Waals surface area contributed by atoms with E-state index in [0.717, 1.165) is 17.8 Å². The largest absolute Gasteiger partial charge is 0.261 e. The number of aromatic nitrogens is 2. The summed E-state index contributed by atoms with van der Waals surface area (Å²) in [5, 5.41) is 4.86. The van der Waals surface area contributed by atoms with Gasteiger partial charge in [0, 0.05) is 34.6 Å². The Labute approximate surface area is 100 Å². The van der Waals surface area contributed by atoms with Crippen molar-refractivity contribution < 1.29 is 0 Å². The molecule has 3 aromatic rings. The molecule has 0 atom stereocenters. The lowest BCUT2D eigenvalue weighted by Crippen LogP contribution is -1.87. The minimum Gasteiger partial charge on any atom is -0.261 e. The van der Waals surface area contributed by atoms with Crippen LogP contribution in [0.25, 0.3) is 21.5 Å². The van der Waals surface area contributed by atoms with Crippen LogP contribution in [-0.4, -0.2) is 9.97 Å². The highest BCUT2D eigenvalue weighted by molar-refractivity contribution is 5.97. The van der Waals surface area contributed by atoms with Crippen molar-refractivity contribution in [3.8, 4) is 0 Å². The smallest absolute Gasteiger partial charge is 0.0407 e. The highest BCUT2D eigenvalue weighted by Gasteiger charge is 2.00. The third-order valence-electron chi connectivity index (χ3n) is 3.11. The van der Waals surface area contributed by atoms with E-state index in [1.165, 1.54) is 21.5 Å². The standard InChI is InChI=1S/C15H14N2/c1-3-15-7-12-6-13-8-16-10(2)4-11(13)5-14(12)9-17-15/h4-9H,3H2,1-2H3. The number of nitrogens with zero attached hydrogens (tertiary/aromatic N) is 2. The highest BCUT2D eigenvalue weighted by atomic mass is 14.7. The molecule has 0 N–H and O–H groups in total. The van der Waals surface area contributed by atoms with Crippen molar-refractivity contribution in [3.05, 3.63) is 48.0 Å². The average molecular weight is 222 g/mol. The first-order valence-corrected chi connectivity index (χ1v) is 5.91. The Morgan fingerprint density at radius 2 is 1.47 bits per heavy atom. The SMILES string of the molecule is CCc1cc2cc3cnc(C)cc3cc2cn1. The molecule has 3 rings (SSSR count). The van der Waals surface area contributed by atoms with E-state index < -0.39 is 0 Å². The van der Waals surface area contributed by atoms with Crippen LogP contribution in [0.4, 0.5) is 0 Å². The summed E-state index contributed by atoms with van der Waals surface area (Å²) in [4.78, 5) is 8.78. The van der Waals surface area contributed by atoms with E-state index >= 15 is 0 Å². The number of pyridine rings is 2. The molecule has 0 radical (unpaired) electrons. The van der Waals surface area contributed by atoms with Crippen molar-refractivity contribution in [1.82, 2.24) is 9.97 Å². The molecule has 1 aromatic carbocycles. The maximum atomic E-state index is 4.44. The number of fused-ring (bicyclic) bond motifs is 2. The predicted octanol–water partition coefficient (Wildman–Crippen LogP) is 3.65. The maximum Gasteiger partial charge on any atom is 0.0407 e. The van der Waals surface area contributed by atoms with Crippen molar-refractivity contribution in [1.29, 1.82) is 0 Å². The van der Waals surface area contributed by atoms with Crippen LogP contribution >= 0.6 is 0 Å². The Hall–Kier alpha value is -1.96. The summed E-state index contributed by atoms with van der Waals surface area (Å²) >= 11 is 0. The first-order valence-electron chi connectivity index (χ1n) is 5.91. The highest BCUT2D eigenvalue weighted by Crippen LogP contribution is 2.22. The number of hydrogen-bond donors (Lipinski definition) is 0. The summed E-state index contributed by atoms with van der Waals surface area (Å²) in [6.07, 6.45) is 4.87. The zero-order chi connectivity index (χ0) is 11.8. The summed E-state index contributed by atoms with van der Waals surface area (Å²) < 4.78 is 0. The first-order chi connectivity index (χ1) is 8.26. The van der Waals surface area contributed by atoms with Gasteiger partial charge in [0.2, 0.25) is 0 Å². The van der Waals surface area contributed by atoms with Crippen molar-refractivity contribution in [3.63, 3.8) is 0 Å². The lowest BCUT2D eigenvalue weighted by atomic mass is 10.1. The molecule has 0 bridgehead atoms. The topological polar surface area (TPSA) is 25.8 Å². The molecule has 0 unspecified atom stereocenters. The molecule has 0 spiro atoms. The van der Waals surface area contributed by atoms with Crippen LogP contribution in [0.5, 0.6) is 0 Å². The van der Waals surface area contributed by atoms with E-state index in [4.69, 9.17) is 0 Å². The normalized spacial score (nSPS) is 11.2. The molecule has 84 valence electrons. The molecule has 2 heterocycles. The molecular formula is C15H14N2. The summed E-state index contributed by atoms with van der Waals surface area (Å²) in [6.45, 7) is 4.14. The van der Waals surface area contributed by atoms with E-state index in [1.807, 2.05) is 19.3 Å². The Kier molecular flexibility index (Phi) is 2.29. The molecule has 2 aromatic heterocycles. The molecule has 0 amide bonds. The van der Waals surface area contributed by atoms with Gasteiger partial charge in [-0.3, -0.25) is 9.97 Å². The van der Waals surface area contributed by atoms with E-state index in [2.05, 4.69) is 41.2 Å². The van der Waals surface area contributed by atoms with E-state index in [0.29, 0.717) is 0 Å². The van der Waals surface area contributed by atoms with Crippen LogP contribution < -0.4 is 0 Å². The number of rotatable bonds is 1. The minimum atomic E-state index is 0.972. The minimum absolute atomic E-state index is 0.972. The second-order valence-electron chi connectivity index (χ2n) is 4.40. The zero-order valence-corrected chi connectivity index (χ0v) is 10.1. The van der Waals surface area contributed by atoms with Gasteiger partial charge >= 0.3 is 0 Å². The third kappa shape index (κ3) is 1.76. The Balaban J connectivity index is 2.35. The van der Waals surface area contributed by atoms with Gasteiger partial charge in [0.25, 0.3) is 0 Å². The monoisotopic (exact) mass is 222 g/mol. The van der Waals surface area contributed by atoms with Gasteiger partial charge in [-0.15, -0.1) is 0 Å². The second-order valence-corrected chi connectivity index (χ2v) is 4.40. The van der Waals surface area contributed by atoms with Gasteiger partial charge in [-0.1, -0.05) is 6.92 Å². The predicted molar refractivity (Wildman–Crippen MR) is 71.2 cm³/mol. The third-order valence-corrected chi connectivity index (χ3v) is 3.11. The molecule has 0 aliphatic rings. The van der Waals surface area contributed by atoms with Gasteiger partial charge in [-0.05, 0) is 48.4 Å². The fourth-order valence-corrected chi connectivity index (χ4v) is 2.14. The van der Waals surface area contributed by atoms with Gasteiger partial charge < -0.3 is 0 Å². The van der Waals surface area contributed by atoms with Crippen molar-refractivity contribution in [2.75, 3.05) is 0 Å². The van der Waals surface area contributed by atoms with Crippen molar-refractivity contribution >= 4 is 21.5 Å². The molecular weight excluding hydrogens is 208 g/mol. The van der Waals surface area contributed by atoms with Gasteiger partial charge in [0.15, 0.2) is 0 Å².